The van der Waals surface area contributed by atoms with Gasteiger partial charge in [-0.25, -0.2) is 4.79 Å². The number of carboxylic acid groups (broad SMARTS) is 1. The van der Waals surface area contributed by atoms with Crippen molar-refractivity contribution in [1.29, 1.82) is 0 Å². The van der Waals surface area contributed by atoms with Crippen LogP contribution in [0.15, 0.2) is 36.5 Å². The highest BCUT2D eigenvalue weighted by Crippen LogP contribution is 2.31. The van der Waals surface area contributed by atoms with E-state index in [0.29, 0.717) is 6.54 Å². The Labute approximate surface area is 121 Å². The van der Waals surface area contributed by atoms with Gasteiger partial charge in [0.1, 0.15) is 0 Å². The molecule has 0 bridgehead atoms. The summed E-state index contributed by atoms with van der Waals surface area (Å²) in [4.78, 5) is 29.1. The Bertz CT molecular complexity index is 740. The summed E-state index contributed by atoms with van der Waals surface area (Å²) in [5.41, 5.74) is 3.61. The van der Waals surface area contributed by atoms with Crippen LogP contribution in [0.25, 0.3) is 0 Å². The molecule has 0 fully saturated rings. The van der Waals surface area contributed by atoms with Crippen molar-refractivity contribution < 1.29 is 14.7 Å². The Kier molecular flexibility index (Phi) is 3.17. The van der Waals surface area contributed by atoms with Crippen molar-refractivity contribution in [2.24, 2.45) is 0 Å². The second kappa shape index (κ2) is 5.01. The minimum atomic E-state index is -0.982. The van der Waals surface area contributed by atoms with E-state index in [1.165, 1.54) is 6.07 Å². The van der Waals surface area contributed by atoms with Crippen LogP contribution >= 0.6 is 0 Å². The number of carboxylic acids is 1. The molecule has 0 saturated carbocycles. The van der Waals surface area contributed by atoms with Gasteiger partial charge in [-0.1, -0.05) is 6.07 Å². The number of fused-ring (bicyclic) bond motifs is 1. The van der Waals surface area contributed by atoms with E-state index >= 15 is 0 Å². The Morgan fingerprint density at radius 2 is 2.19 bits per heavy atom. The summed E-state index contributed by atoms with van der Waals surface area (Å²) in [5.74, 6) is -1.01. The van der Waals surface area contributed by atoms with Crippen LogP contribution in [0.5, 0.6) is 0 Å². The van der Waals surface area contributed by atoms with Gasteiger partial charge in [0.2, 0.25) is 5.91 Å². The summed E-state index contributed by atoms with van der Waals surface area (Å²) < 4.78 is 0. The zero-order chi connectivity index (χ0) is 15.0. The monoisotopic (exact) mass is 282 g/mol. The number of nitrogens with zero attached hydrogens (tertiary/aromatic N) is 2. The van der Waals surface area contributed by atoms with E-state index in [1.54, 1.807) is 23.2 Å². The summed E-state index contributed by atoms with van der Waals surface area (Å²) in [5, 5.41) is 9.01. The number of benzene rings is 1. The zero-order valence-electron chi connectivity index (χ0n) is 11.5. The largest absolute Gasteiger partial charge is 0.478 e. The first-order chi connectivity index (χ1) is 10.1. The molecule has 0 spiro atoms. The quantitative estimate of drug-likeness (QED) is 0.936. The van der Waals surface area contributed by atoms with Gasteiger partial charge in [0.05, 0.1) is 24.2 Å². The Hall–Kier alpha value is -2.69. The summed E-state index contributed by atoms with van der Waals surface area (Å²) >= 11 is 0. The third kappa shape index (κ3) is 2.38. The van der Waals surface area contributed by atoms with Crippen molar-refractivity contribution in [3.8, 4) is 0 Å². The van der Waals surface area contributed by atoms with Gasteiger partial charge in [0, 0.05) is 11.9 Å². The third-order valence-electron chi connectivity index (χ3n) is 3.69. The van der Waals surface area contributed by atoms with E-state index in [0.717, 1.165) is 22.5 Å². The predicted molar refractivity (Wildman–Crippen MR) is 77.3 cm³/mol. The molecule has 1 aromatic carbocycles. The van der Waals surface area contributed by atoms with Gasteiger partial charge >= 0.3 is 5.97 Å². The molecule has 3 rings (SSSR count). The maximum absolute atomic E-state index is 12.2. The molecule has 1 aliphatic rings. The Balaban J connectivity index is 1.94. The summed E-state index contributed by atoms with van der Waals surface area (Å²) in [7, 11) is 0. The molecule has 2 aromatic rings. The van der Waals surface area contributed by atoms with Crippen molar-refractivity contribution in [1.82, 2.24) is 4.98 Å². The van der Waals surface area contributed by atoms with Crippen molar-refractivity contribution >= 4 is 17.6 Å². The molecule has 5 nitrogen and oxygen atoms in total. The van der Waals surface area contributed by atoms with E-state index < -0.39 is 5.97 Å². The molecule has 1 amide bonds. The van der Waals surface area contributed by atoms with Crippen LogP contribution < -0.4 is 4.90 Å². The van der Waals surface area contributed by atoms with Gasteiger partial charge in [0.25, 0.3) is 0 Å². The van der Waals surface area contributed by atoms with E-state index in [2.05, 4.69) is 4.98 Å². The average molecular weight is 282 g/mol. The van der Waals surface area contributed by atoms with Crippen molar-refractivity contribution in [3.63, 3.8) is 0 Å². The number of carbonyl (C=O) groups excluding carboxylic acids is 1. The normalized spacial score (nSPS) is 13.4. The van der Waals surface area contributed by atoms with Gasteiger partial charge < -0.3 is 10.0 Å². The molecule has 0 saturated heterocycles. The van der Waals surface area contributed by atoms with Crippen LogP contribution in [0.2, 0.25) is 0 Å². The van der Waals surface area contributed by atoms with Gasteiger partial charge in [0.15, 0.2) is 0 Å². The second-order valence-corrected chi connectivity index (χ2v) is 5.07. The Morgan fingerprint density at radius 1 is 1.38 bits per heavy atom. The molecule has 5 heteroatoms. The molecule has 21 heavy (non-hydrogen) atoms. The number of anilines is 1. The fourth-order valence-corrected chi connectivity index (χ4v) is 2.52. The summed E-state index contributed by atoms with van der Waals surface area (Å²) in [6.45, 7) is 2.36. The Morgan fingerprint density at radius 3 is 2.90 bits per heavy atom. The molecule has 0 unspecified atom stereocenters. The molecule has 106 valence electrons. The smallest absolute Gasteiger partial charge is 0.335 e. The van der Waals surface area contributed by atoms with E-state index in [1.807, 2.05) is 19.1 Å². The molecule has 1 aliphatic heterocycles. The molecule has 2 heterocycles. The fraction of sp³-hybridized carbons (Fsp3) is 0.188. The van der Waals surface area contributed by atoms with Crippen LogP contribution in [0, 0.1) is 6.92 Å². The molecule has 1 aromatic heterocycles. The number of hydrogen-bond donors (Lipinski definition) is 1. The van der Waals surface area contributed by atoms with E-state index in [4.69, 9.17) is 5.11 Å². The van der Waals surface area contributed by atoms with Crippen LogP contribution in [-0.4, -0.2) is 22.0 Å². The molecular weight excluding hydrogens is 268 g/mol. The lowest BCUT2D eigenvalue weighted by molar-refractivity contribution is -0.117. The van der Waals surface area contributed by atoms with Gasteiger partial charge in [-0.15, -0.1) is 0 Å². The standard InChI is InChI=1S/C16H14N2O3/c1-10-3-2-6-17-13(10)9-18-14-5-4-11(16(20)21)7-12(14)8-15(18)19/h2-7H,8-9H2,1H3,(H,20,21). The van der Waals surface area contributed by atoms with Gasteiger partial charge in [-0.3, -0.25) is 9.78 Å². The fourth-order valence-electron chi connectivity index (χ4n) is 2.52. The minimum absolute atomic E-state index is 0.0300. The topological polar surface area (TPSA) is 70.5 Å². The van der Waals surface area contributed by atoms with E-state index in [-0.39, 0.29) is 17.9 Å². The predicted octanol–water partition coefficient (Wildman–Crippen LogP) is 2.18. The van der Waals surface area contributed by atoms with Crippen molar-refractivity contribution in [2.45, 2.75) is 19.9 Å². The lowest BCUT2D eigenvalue weighted by atomic mass is 10.1. The van der Waals surface area contributed by atoms with Crippen LogP contribution in [0.4, 0.5) is 5.69 Å². The lowest BCUT2D eigenvalue weighted by Gasteiger charge is -2.18. The highest BCUT2D eigenvalue weighted by Gasteiger charge is 2.28. The summed E-state index contributed by atoms with van der Waals surface area (Å²) in [6.07, 6.45) is 1.94. The van der Waals surface area contributed by atoms with Crippen LogP contribution in [0.3, 0.4) is 0 Å². The van der Waals surface area contributed by atoms with Crippen molar-refractivity contribution in [2.75, 3.05) is 4.90 Å². The van der Waals surface area contributed by atoms with Gasteiger partial charge in [-0.05, 0) is 42.3 Å². The van der Waals surface area contributed by atoms with Crippen LogP contribution in [0.1, 0.15) is 27.2 Å². The minimum Gasteiger partial charge on any atom is -0.478 e. The maximum atomic E-state index is 12.2. The van der Waals surface area contributed by atoms with Crippen LogP contribution in [-0.2, 0) is 17.8 Å². The molecule has 0 atom stereocenters. The molecule has 0 radical (unpaired) electrons. The summed E-state index contributed by atoms with van der Waals surface area (Å²) in [6, 6.07) is 8.61. The lowest BCUT2D eigenvalue weighted by Crippen LogP contribution is -2.26. The average Bonchev–Trinajstić information content (AvgIpc) is 2.76. The molecule has 1 N–H and O–H groups in total. The van der Waals surface area contributed by atoms with E-state index in [9.17, 15) is 9.59 Å². The first kappa shape index (κ1) is 13.3. The SMILES string of the molecule is Cc1cccnc1CN1C(=O)Cc2cc(C(=O)O)ccc21. The number of rotatable bonds is 3. The first-order valence-corrected chi connectivity index (χ1v) is 6.63. The number of aryl methyl sites for hydroxylation is 1. The highest BCUT2D eigenvalue weighted by molar-refractivity contribution is 6.02. The number of aromatic nitrogens is 1. The number of hydrogen-bond acceptors (Lipinski definition) is 3. The number of pyridine rings is 1. The number of carbonyl (C=O) groups is 2. The molecule has 0 aliphatic carbocycles. The number of amides is 1. The first-order valence-electron chi connectivity index (χ1n) is 6.63. The highest BCUT2D eigenvalue weighted by atomic mass is 16.4. The zero-order valence-corrected chi connectivity index (χ0v) is 11.5. The number of aromatic carboxylic acids is 1. The third-order valence-corrected chi connectivity index (χ3v) is 3.69. The second-order valence-electron chi connectivity index (χ2n) is 5.07. The van der Waals surface area contributed by atoms with Gasteiger partial charge in [-0.2, -0.15) is 0 Å². The molecular formula is C16H14N2O3. The van der Waals surface area contributed by atoms with Crippen molar-refractivity contribution in [3.05, 3.63) is 58.9 Å². The maximum Gasteiger partial charge on any atom is 0.335 e.